The molecule has 0 saturated heterocycles. The lowest BCUT2D eigenvalue weighted by Gasteiger charge is -1.96. The second-order valence-corrected chi connectivity index (χ2v) is 4.04. The molecular formula is C8H7N3O2S. The van der Waals surface area contributed by atoms with Crippen LogP contribution >= 0.6 is 11.3 Å². The van der Waals surface area contributed by atoms with Crippen molar-refractivity contribution in [3.8, 4) is 0 Å². The van der Waals surface area contributed by atoms with Crippen molar-refractivity contribution in [3.63, 3.8) is 0 Å². The molecule has 0 unspecified atom stereocenters. The number of fused-ring (bicyclic) bond motifs is 1. The fourth-order valence-corrected chi connectivity index (χ4v) is 2.14. The van der Waals surface area contributed by atoms with E-state index in [4.69, 9.17) is 5.73 Å². The maximum absolute atomic E-state index is 10.6. The maximum Gasteiger partial charge on any atom is 0.293 e. The summed E-state index contributed by atoms with van der Waals surface area (Å²) in [6.07, 6.45) is 0. The quantitative estimate of drug-likeness (QED) is 0.443. The van der Waals surface area contributed by atoms with Gasteiger partial charge in [-0.05, 0) is 13.0 Å². The molecule has 1 aromatic heterocycles. The average Bonchev–Trinajstić information content (AvgIpc) is 2.46. The van der Waals surface area contributed by atoms with Gasteiger partial charge in [-0.2, -0.15) is 0 Å². The van der Waals surface area contributed by atoms with E-state index >= 15 is 0 Å². The smallest absolute Gasteiger partial charge is 0.293 e. The minimum Gasteiger partial charge on any atom is -0.392 e. The largest absolute Gasteiger partial charge is 0.392 e. The summed E-state index contributed by atoms with van der Waals surface area (Å²) in [6, 6.07) is 3.00. The highest BCUT2D eigenvalue weighted by molar-refractivity contribution is 7.19. The van der Waals surface area contributed by atoms with Crippen LogP contribution < -0.4 is 5.73 Å². The monoisotopic (exact) mass is 209 g/mol. The van der Waals surface area contributed by atoms with Crippen molar-refractivity contribution in [1.29, 1.82) is 0 Å². The lowest BCUT2D eigenvalue weighted by molar-refractivity contribution is -0.383. The summed E-state index contributed by atoms with van der Waals surface area (Å²) < 4.78 is 0.691. The van der Waals surface area contributed by atoms with E-state index in [1.165, 1.54) is 17.4 Å². The van der Waals surface area contributed by atoms with Crippen molar-refractivity contribution in [2.45, 2.75) is 6.92 Å². The first kappa shape index (κ1) is 8.89. The Kier molecular flexibility index (Phi) is 1.85. The van der Waals surface area contributed by atoms with Crippen LogP contribution in [0.25, 0.3) is 10.2 Å². The third-order valence-electron chi connectivity index (χ3n) is 1.88. The fourth-order valence-electron chi connectivity index (χ4n) is 1.27. The summed E-state index contributed by atoms with van der Waals surface area (Å²) in [5.74, 6) is 0. The number of nitrogens with zero attached hydrogens (tertiary/aromatic N) is 2. The van der Waals surface area contributed by atoms with Crippen molar-refractivity contribution in [2.75, 3.05) is 5.73 Å². The van der Waals surface area contributed by atoms with Crippen LogP contribution in [0.2, 0.25) is 0 Å². The van der Waals surface area contributed by atoms with Gasteiger partial charge in [-0.1, -0.05) is 0 Å². The number of aryl methyl sites for hydroxylation is 1. The number of hydrogen-bond acceptors (Lipinski definition) is 5. The Balaban J connectivity index is 2.80. The molecule has 2 rings (SSSR count). The Morgan fingerprint density at radius 3 is 2.93 bits per heavy atom. The first-order chi connectivity index (χ1) is 6.59. The zero-order valence-corrected chi connectivity index (χ0v) is 8.17. The van der Waals surface area contributed by atoms with Crippen LogP contribution in [0, 0.1) is 17.0 Å². The predicted octanol–water partition coefficient (Wildman–Crippen LogP) is 2.10. The Labute approximate surface area is 83.3 Å². The van der Waals surface area contributed by atoms with Gasteiger partial charge in [-0.25, -0.2) is 4.98 Å². The Bertz CT molecular complexity index is 521. The molecule has 14 heavy (non-hydrogen) atoms. The standard InChI is InChI=1S/C8H7N3O2S/c1-4-10-5-2-3-6(11(12)13)7(9)8(5)14-4/h2-3H,9H2,1H3. The predicted molar refractivity (Wildman–Crippen MR) is 55.4 cm³/mol. The number of anilines is 1. The molecule has 2 aromatic rings. The Morgan fingerprint density at radius 1 is 1.57 bits per heavy atom. The number of thiazole rings is 1. The molecule has 1 aromatic carbocycles. The average molecular weight is 209 g/mol. The second-order valence-electron chi connectivity index (χ2n) is 2.84. The SMILES string of the molecule is Cc1nc2ccc([N+](=O)[O-])c(N)c2s1. The third kappa shape index (κ3) is 1.20. The summed E-state index contributed by atoms with van der Waals surface area (Å²) in [6.45, 7) is 1.84. The molecule has 0 saturated carbocycles. The molecule has 2 N–H and O–H groups in total. The topological polar surface area (TPSA) is 82.0 Å². The highest BCUT2D eigenvalue weighted by Crippen LogP contribution is 2.33. The van der Waals surface area contributed by atoms with E-state index in [1.54, 1.807) is 6.07 Å². The van der Waals surface area contributed by atoms with Crippen molar-refractivity contribution in [3.05, 3.63) is 27.3 Å². The van der Waals surface area contributed by atoms with E-state index < -0.39 is 4.92 Å². The van der Waals surface area contributed by atoms with Gasteiger partial charge in [0.05, 0.1) is 20.1 Å². The number of rotatable bonds is 1. The first-order valence-corrected chi connectivity index (χ1v) is 4.71. The molecule has 0 bridgehead atoms. The molecule has 0 amide bonds. The van der Waals surface area contributed by atoms with Gasteiger partial charge in [0.1, 0.15) is 5.69 Å². The summed E-state index contributed by atoms with van der Waals surface area (Å²) in [5.41, 5.74) is 6.53. The molecule has 0 aliphatic rings. The fraction of sp³-hybridized carbons (Fsp3) is 0.125. The molecule has 0 radical (unpaired) electrons. The molecule has 5 nitrogen and oxygen atoms in total. The number of hydrogen-bond donors (Lipinski definition) is 1. The normalized spacial score (nSPS) is 10.6. The zero-order chi connectivity index (χ0) is 10.3. The van der Waals surface area contributed by atoms with Gasteiger partial charge in [-0.3, -0.25) is 10.1 Å². The molecule has 6 heteroatoms. The van der Waals surface area contributed by atoms with E-state index in [0.717, 1.165) is 10.5 Å². The number of nitrogens with two attached hydrogens (primary N) is 1. The van der Waals surface area contributed by atoms with Crippen LogP contribution in [0.4, 0.5) is 11.4 Å². The van der Waals surface area contributed by atoms with E-state index in [-0.39, 0.29) is 11.4 Å². The molecule has 0 atom stereocenters. The number of aromatic nitrogens is 1. The van der Waals surface area contributed by atoms with Crippen LogP contribution in [0.15, 0.2) is 12.1 Å². The van der Waals surface area contributed by atoms with Crippen LogP contribution in [-0.4, -0.2) is 9.91 Å². The molecule has 1 heterocycles. The van der Waals surface area contributed by atoms with E-state index in [0.29, 0.717) is 4.70 Å². The minimum atomic E-state index is -0.482. The lowest BCUT2D eigenvalue weighted by Crippen LogP contribution is -1.94. The first-order valence-electron chi connectivity index (χ1n) is 3.89. The van der Waals surface area contributed by atoms with Gasteiger partial charge < -0.3 is 5.73 Å². The van der Waals surface area contributed by atoms with Gasteiger partial charge in [0.25, 0.3) is 5.69 Å². The van der Waals surface area contributed by atoms with Crippen molar-refractivity contribution in [1.82, 2.24) is 4.98 Å². The third-order valence-corrected chi connectivity index (χ3v) is 2.90. The highest BCUT2D eigenvalue weighted by atomic mass is 32.1. The molecule has 0 spiro atoms. The summed E-state index contributed by atoms with van der Waals surface area (Å²) in [4.78, 5) is 14.3. The van der Waals surface area contributed by atoms with Gasteiger partial charge in [0.2, 0.25) is 0 Å². The highest BCUT2D eigenvalue weighted by Gasteiger charge is 2.15. The summed E-state index contributed by atoms with van der Waals surface area (Å²) in [7, 11) is 0. The van der Waals surface area contributed by atoms with Gasteiger partial charge in [-0.15, -0.1) is 11.3 Å². The number of nitrogen functional groups attached to an aromatic ring is 1. The maximum atomic E-state index is 10.6. The molecule has 0 fully saturated rings. The van der Waals surface area contributed by atoms with E-state index in [1.807, 2.05) is 6.92 Å². The molecular weight excluding hydrogens is 202 g/mol. The Hall–Kier alpha value is -1.69. The van der Waals surface area contributed by atoms with Crippen LogP contribution in [0.5, 0.6) is 0 Å². The van der Waals surface area contributed by atoms with Gasteiger partial charge >= 0.3 is 0 Å². The zero-order valence-electron chi connectivity index (χ0n) is 7.35. The lowest BCUT2D eigenvalue weighted by atomic mass is 10.2. The minimum absolute atomic E-state index is 0.0545. The van der Waals surface area contributed by atoms with Gasteiger partial charge in [0, 0.05) is 6.07 Å². The summed E-state index contributed by atoms with van der Waals surface area (Å²) >= 11 is 1.37. The van der Waals surface area contributed by atoms with Crippen LogP contribution in [-0.2, 0) is 0 Å². The number of nitro benzene ring substituents is 1. The van der Waals surface area contributed by atoms with E-state index in [9.17, 15) is 10.1 Å². The number of benzene rings is 1. The van der Waals surface area contributed by atoms with Crippen LogP contribution in [0.1, 0.15) is 5.01 Å². The number of nitro groups is 1. The van der Waals surface area contributed by atoms with Crippen LogP contribution in [0.3, 0.4) is 0 Å². The van der Waals surface area contributed by atoms with Crippen molar-refractivity contribution >= 4 is 32.9 Å². The molecule has 72 valence electrons. The van der Waals surface area contributed by atoms with Crippen molar-refractivity contribution in [2.24, 2.45) is 0 Å². The van der Waals surface area contributed by atoms with E-state index in [2.05, 4.69) is 4.98 Å². The Morgan fingerprint density at radius 2 is 2.29 bits per heavy atom. The van der Waals surface area contributed by atoms with Gasteiger partial charge in [0.15, 0.2) is 0 Å². The molecule has 0 aliphatic heterocycles. The molecule has 0 aliphatic carbocycles. The van der Waals surface area contributed by atoms with Crippen molar-refractivity contribution < 1.29 is 4.92 Å². The summed E-state index contributed by atoms with van der Waals surface area (Å²) in [5, 5.41) is 11.4. The second kappa shape index (κ2) is 2.91.